The Kier molecular flexibility index (Phi) is 7.37. The van der Waals surface area contributed by atoms with Gasteiger partial charge < -0.3 is 0 Å². The Morgan fingerprint density at radius 1 is 0.633 bits per heavy atom. The predicted molar refractivity (Wildman–Crippen MR) is 213 cm³/mol. The quantitative estimate of drug-likeness (QED) is 0.101. The lowest BCUT2D eigenvalue weighted by atomic mass is 9.83. The lowest BCUT2D eigenvalue weighted by Crippen LogP contribution is -2.13. The van der Waals surface area contributed by atoms with E-state index in [1.807, 2.05) is 49.4 Å². The molecule has 7 aromatic carbocycles. The van der Waals surface area contributed by atoms with Gasteiger partial charge in [-0.15, -0.1) is 0 Å². The van der Waals surface area contributed by atoms with Gasteiger partial charge in [0.15, 0.2) is 5.78 Å². The summed E-state index contributed by atoms with van der Waals surface area (Å²) < 4.78 is 2.05. The standard InChI is InChI=1S/C34H18Cl4N2O.C8H10/c1-13(2)16-9-20(35)28-29-21(36)10-17-14(3)40-25-8-6-5-7-24(25)39-34(40)19-12-23(38)31(33(29)27(17)19)30-22(37)11-18(15(4)41)26(16)32(28)30;1-7-5-3-4-6-8(7)2/h5-12H,1,3H2,2,4H3;3-6H,1-2H3. The molecule has 49 heavy (non-hydrogen) atoms. The molecule has 0 unspecified atom stereocenters. The van der Waals surface area contributed by atoms with Gasteiger partial charge in [0.2, 0.25) is 0 Å². The third-order valence-electron chi connectivity index (χ3n) is 9.76. The second kappa shape index (κ2) is 11.3. The van der Waals surface area contributed by atoms with Crippen LogP contribution in [-0.4, -0.2) is 15.2 Å². The topological polar surface area (TPSA) is 34.4 Å². The fraction of sp³-hybridized carbons (Fsp3) is 0.0952. The molecule has 9 rings (SSSR count). The summed E-state index contributed by atoms with van der Waals surface area (Å²) in [4.78, 5) is 17.9. The van der Waals surface area contributed by atoms with Crippen LogP contribution in [-0.2, 0) is 0 Å². The van der Waals surface area contributed by atoms with Crippen LogP contribution in [0.2, 0.25) is 20.1 Å². The predicted octanol–water partition coefficient (Wildman–Crippen LogP) is 13.0. The van der Waals surface area contributed by atoms with Crippen molar-refractivity contribution in [3.63, 3.8) is 0 Å². The van der Waals surface area contributed by atoms with Crippen LogP contribution in [0.1, 0.15) is 40.9 Å². The molecule has 0 aliphatic heterocycles. The van der Waals surface area contributed by atoms with E-state index in [1.54, 1.807) is 6.07 Å². The Bertz CT molecular complexity index is 2880. The second-order valence-corrected chi connectivity index (χ2v) is 14.4. The minimum absolute atomic E-state index is 0.113. The van der Waals surface area contributed by atoms with Crippen molar-refractivity contribution in [3.8, 4) is 0 Å². The van der Waals surface area contributed by atoms with Gasteiger partial charge in [0, 0.05) is 84.9 Å². The molecule has 2 heterocycles. The van der Waals surface area contributed by atoms with Crippen LogP contribution in [0.25, 0.3) is 82.7 Å². The summed E-state index contributed by atoms with van der Waals surface area (Å²) in [5.41, 5.74) is 7.34. The number of aromatic nitrogens is 2. The molecule has 0 amide bonds. The number of allylic oxidation sites excluding steroid dienone is 1. The zero-order chi connectivity index (χ0) is 34.6. The summed E-state index contributed by atoms with van der Waals surface area (Å²) in [5.74, 6) is -0.113. The van der Waals surface area contributed by atoms with Gasteiger partial charge in [-0.05, 0) is 80.8 Å². The molecule has 0 spiro atoms. The van der Waals surface area contributed by atoms with Crippen molar-refractivity contribution in [2.45, 2.75) is 27.7 Å². The van der Waals surface area contributed by atoms with E-state index in [-0.39, 0.29) is 5.78 Å². The first-order valence-electron chi connectivity index (χ1n) is 15.7. The van der Waals surface area contributed by atoms with Crippen molar-refractivity contribution >= 4 is 135 Å². The number of halogens is 4. The molecule has 3 nitrogen and oxygen atoms in total. The molecule has 0 aliphatic carbocycles. The number of fused-ring (bicyclic) bond motifs is 6. The number of para-hydroxylation sites is 2. The minimum atomic E-state index is -0.113. The number of nitrogens with zero attached hydrogens (tertiary/aromatic N) is 2. The van der Waals surface area contributed by atoms with E-state index in [2.05, 4.69) is 55.7 Å². The zero-order valence-corrected chi connectivity index (χ0v) is 30.2. The number of pyridine rings is 1. The molecule has 0 aliphatic rings. The summed E-state index contributed by atoms with van der Waals surface area (Å²) in [6.45, 7) is 16.3. The fourth-order valence-corrected chi connectivity index (χ4v) is 8.59. The van der Waals surface area contributed by atoms with E-state index in [1.165, 1.54) is 18.1 Å². The summed E-state index contributed by atoms with van der Waals surface area (Å²) in [6.07, 6.45) is 0. The highest BCUT2D eigenvalue weighted by molar-refractivity contribution is 6.55. The van der Waals surface area contributed by atoms with Crippen molar-refractivity contribution in [1.82, 2.24) is 9.38 Å². The molecule has 0 atom stereocenters. The number of rotatable bonds is 2. The van der Waals surface area contributed by atoms with Crippen LogP contribution in [0.3, 0.4) is 0 Å². The van der Waals surface area contributed by atoms with Gasteiger partial charge in [0.1, 0.15) is 5.65 Å². The number of benzene rings is 7. The normalized spacial score (nSPS) is 11.9. The van der Waals surface area contributed by atoms with E-state index in [9.17, 15) is 4.79 Å². The summed E-state index contributed by atoms with van der Waals surface area (Å²) in [7, 11) is 0. The lowest BCUT2D eigenvalue weighted by molar-refractivity contribution is 0.101. The zero-order valence-electron chi connectivity index (χ0n) is 27.2. The Hall–Kier alpha value is -4.38. The van der Waals surface area contributed by atoms with E-state index in [4.69, 9.17) is 51.4 Å². The summed E-state index contributed by atoms with van der Waals surface area (Å²) >= 11 is 28.6. The van der Waals surface area contributed by atoms with Crippen LogP contribution < -0.4 is 5.35 Å². The first-order chi connectivity index (χ1) is 23.4. The van der Waals surface area contributed by atoms with Crippen molar-refractivity contribution in [1.29, 1.82) is 0 Å². The maximum absolute atomic E-state index is 12.9. The molecule has 0 bridgehead atoms. The summed E-state index contributed by atoms with van der Waals surface area (Å²) in [5, 5.41) is 10.6. The van der Waals surface area contributed by atoms with Crippen molar-refractivity contribution in [2.24, 2.45) is 0 Å². The maximum atomic E-state index is 12.9. The monoisotopic (exact) mass is 716 g/mol. The fourth-order valence-electron chi connectivity index (χ4n) is 7.40. The lowest BCUT2D eigenvalue weighted by Gasteiger charge is -2.23. The van der Waals surface area contributed by atoms with Crippen molar-refractivity contribution < 1.29 is 4.79 Å². The maximum Gasteiger partial charge on any atom is 0.160 e. The van der Waals surface area contributed by atoms with Crippen molar-refractivity contribution in [3.05, 3.63) is 127 Å². The van der Waals surface area contributed by atoms with E-state index < -0.39 is 0 Å². The number of carbonyl (C=O) groups excluding carboxylic acids is 1. The van der Waals surface area contributed by atoms with Crippen LogP contribution in [0, 0.1) is 13.8 Å². The Labute approximate surface area is 302 Å². The third kappa shape index (κ3) is 4.50. The highest BCUT2D eigenvalue weighted by Gasteiger charge is 2.28. The second-order valence-electron chi connectivity index (χ2n) is 12.8. The largest absolute Gasteiger partial charge is 0.294 e. The van der Waals surface area contributed by atoms with Gasteiger partial charge in [-0.3, -0.25) is 9.20 Å². The molecule has 2 aromatic heterocycles. The molecule has 0 radical (unpaired) electrons. The van der Waals surface area contributed by atoms with Crippen LogP contribution in [0.15, 0.2) is 79.4 Å². The number of imidazole rings is 1. The average molecular weight is 719 g/mol. The Morgan fingerprint density at radius 3 is 1.67 bits per heavy atom. The minimum Gasteiger partial charge on any atom is -0.294 e. The van der Waals surface area contributed by atoms with Gasteiger partial charge >= 0.3 is 0 Å². The number of hydrogen-bond donors (Lipinski definition) is 0. The van der Waals surface area contributed by atoms with Gasteiger partial charge in [-0.1, -0.05) is 102 Å². The van der Waals surface area contributed by atoms with Crippen LogP contribution >= 0.6 is 46.4 Å². The van der Waals surface area contributed by atoms with Crippen LogP contribution in [0.4, 0.5) is 0 Å². The Morgan fingerprint density at radius 2 is 1.12 bits per heavy atom. The summed E-state index contributed by atoms with van der Waals surface area (Å²) in [6, 6.07) is 23.8. The van der Waals surface area contributed by atoms with Crippen molar-refractivity contribution in [2.75, 3.05) is 0 Å². The molecule has 0 saturated carbocycles. The first kappa shape index (κ1) is 31.9. The SMILES string of the molecule is C=C(C)c1cc(Cl)c2c3c(Cl)cc4c(=C)n5c6ccccc6nc5c5cc(Cl)c(c6c(Cl)cc(C(C)=O)c1c26)c3c45.Cc1ccccc1C. The molecule has 9 aromatic rings. The van der Waals surface area contributed by atoms with E-state index in [0.29, 0.717) is 36.4 Å². The number of Topliss-reactive ketones (excluding diaryl/α,β-unsaturated/α-hetero) is 1. The smallest absolute Gasteiger partial charge is 0.160 e. The van der Waals surface area contributed by atoms with Crippen LogP contribution in [0.5, 0.6) is 0 Å². The van der Waals surface area contributed by atoms with Gasteiger partial charge in [-0.25, -0.2) is 4.98 Å². The molecule has 7 heteroatoms. The molecule has 0 N–H and O–H groups in total. The van der Waals surface area contributed by atoms with Gasteiger partial charge in [0.05, 0.1) is 11.0 Å². The molecular weight excluding hydrogens is 690 g/mol. The number of hydrogen-bond acceptors (Lipinski definition) is 2. The molecule has 0 saturated heterocycles. The van der Waals surface area contributed by atoms with Gasteiger partial charge in [0.25, 0.3) is 0 Å². The van der Waals surface area contributed by atoms with E-state index >= 15 is 0 Å². The highest BCUT2D eigenvalue weighted by atomic mass is 35.5. The average Bonchev–Trinajstić information content (AvgIpc) is 3.46. The first-order valence-corrected chi connectivity index (χ1v) is 17.3. The number of carbonyl (C=O) groups is 1. The van der Waals surface area contributed by atoms with Gasteiger partial charge in [-0.2, -0.15) is 0 Å². The highest BCUT2D eigenvalue weighted by Crippen LogP contribution is 2.53. The molecule has 240 valence electrons. The number of ketones is 1. The number of aryl methyl sites for hydroxylation is 2. The Balaban J connectivity index is 0.000000385. The third-order valence-corrected chi connectivity index (χ3v) is 11.0. The van der Waals surface area contributed by atoms with E-state index in [0.717, 1.165) is 76.3 Å². The molecule has 0 fully saturated rings. The molecular formula is C42H28Cl4N2O.